The molecule has 0 aliphatic rings. The summed E-state index contributed by atoms with van der Waals surface area (Å²) in [5.74, 6) is -1.79. The Morgan fingerprint density at radius 3 is 2.32 bits per heavy atom. The third kappa shape index (κ3) is 4.94. The highest BCUT2D eigenvalue weighted by Crippen LogP contribution is 2.15. The highest BCUT2D eigenvalue weighted by atomic mass is 16.4. The van der Waals surface area contributed by atoms with Crippen LogP contribution in [0.15, 0.2) is 10.9 Å². The number of carboxylic acids is 1. The van der Waals surface area contributed by atoms with E-state index in [2.05, 4.69) is 19.2 Å². The molecule has 0 unspecified atom stereocenters. The van der Waals surface area contributed by atoms with Crippen LogP contribution in [0.3, 0.4) is 0 Å². The number of aryl methyl sites for hydroxylation is 1. The lowest BCUT2D eigenvalue weighted by atomic mass is 10.0. The molecule has 0 spiro atoms. The van der Waals surface area contributed by atoms with E-state index < -0.39 is 17.4 Å². The molecule has 0 saturated carbocycles. The van der Waals surface area contributed by atoms with Gasteiger partial charge < -0.3 is 15.0 Å². The summed E-state index contributed by atoms with van der Waals surface area (Å²) in [4.78, 5) is 36.7. The summed E-state index contributed by atoms with van der Waals surface area (Å²) in [6, 6.07) is 1.63. The summed E-state index contributed by atoms with van der Waals surface area (Å²) in [6.45, 7) is 9.47. The minimum Gasteiger partial charge on any atom is -0.480 e. The molecule has 1 aromatic heterocycles. The monoisotopic (exact) mass is 350 g/mol. The molecule has 1 heterocycles. The van der Waals surface area contributed by atoms with E-state index in [1.54, 1.807) is 10.6 Å². The maximum Gasteiger partial charge on any atom is 0.328 e. The van der Waals surface area contributed by atoms with Crippen molar-refractivity contribution < 1.29 is 14.7 Å². The van der Waals surface area contributed by atoms with Gasteiger partial charge in [0, 0.05) is 12.2 Å². The van der Waals surface area contributed by atoms with Crippen molar-refractivity contribution in [2.24, 2.45) is 0 Å². The number of hydrogen-bond donors (Lipinski definition) is 2. The zero-order chi connectivity index (χ0) is 19.2. The molecule has 0 fully saturated rings. The lowest BCUT2D eigenvalue weighted by Crippen LogP contribution is -2.51. The third-order valence-electron chi connectivity index (χ3n) is 4.30. The van der Waals surface area contributed by atoms with Crippen molar-refractivity contribution >= 4 is 11.9 Å². The van der Waals surface area contributed by atoms with Gasteiger partial charge in [0.25, 0.3) is 11.5 Å². The number of nitrogens with zero attached hydrogens (tertiary/aromatic N) is 1. The van der Waals surface area contributed by atoms with E-state index >= 15 is 0 Å². The molecule has 0 saturated heterocycles. The summed E-state index contributed by atoms with van der Waals surface area (Å²) in [5, 5.41) is 11.6. The van der Waals surface area contributed by atoms with Crippen LogP contribution in [0.4, 0.5) is 0 Å². The fourth-order valence-electron chi connectivity index (χ4n) is 2.72. The van der Waals surface area contributed by atoms with Crippen LogP contribution in [0.1, 0.15) is 75.5 Å². The van der Waals surface area contributed by atoms with E-state index in [0.717, 1.165) is 36.9 Å². The standard InChI is InChI=1S/C19H30N2O4/c1-6-9-11-21-15(10-7-2)13(8-3)12-14(17(21)23)16(22)20-19(4,5)18(24)25/h12H,6-11H2,1-5H3,(H,20,22)(H,24,25). The van der Waals surface area contributed by atoms with Gasteiger partial charge in [-0.2, -0.15) is 0 Å². The van der Waals surface area contributed by atoms with Crippen molar-refractivity contribution in [3.8, 4) is 0 Å². The van der Waals surface area contributed by atoms with Crippen LogP contribution in [0.2, 0.25) is 0 Å². The quantitative estimate of drug-likeness (QED) is 0.717. The van der Waals surface area contributed by atoms with Gasteiger partial charge in [0.2, 0.25) is 0 Å². The molecule has 1 aromatic rings. The first kappa shape index (κ1) is 20.9. The average Bonchev–Trinajstić information content (AvgIpc) is 2.54. The Hall–Kier alpha value is -2.11. The molecule has 0 atom stereocenters. The molecule has 25 heavy (non-hydrogen) atoms. The van der Waals surface area contributed by atoms with E-state index in [1.165, 1.54) is 13.8 Å². The molecule has 0 bridgehead atoms. The fourth-order valence-corrected chi connectivity index (χ4v) is 2.72. The lowest BCUT2D eigenvalue weighted by molar-refractivity contribution is -0.143. The third-order valence-corrected chi connectivity index (χ3v) is 4.30. The molecule has 0 aliphatic carbocycles. The van der Waals surface area contributed by atoms with Crippen LogP contribution in [0.5, 0.6) is 0 Å². The first-order chi connectivity index (χ1) is 11.7. The minimum absolute atomic E-state index is 0.0159. The summed E-state index contributed by atoms with van der Waals surface area (Å²) >= 11 is 0. The molecule has 6 heteroatoms. The zero-order valence-electron chi connectivity index (χ0n) is 15.9. The van der Waals surface area contributed by atoms with Gasteiger partial charge >= 0.3 is 5.97 Å². The van der Waals surface area contributed by atoms with Crippen molar-refractivity contribution in [3.05, 3.63) is 33.2 Å². The van der Waals surface area contributed by atoms with Crippen LogP contribution in [-0.4, -0.2) is 27.1 Å². The zero-order valence-corrected chi connectivity index (χ0v) is 15.9. The number of unbranched alkanes of at least 4 members (excludes halogenated alkanes) is 1. The molecular formula is C19H30N2O4. The van der Waals surface area contributed by atoms with E-state index in [0.29, 0.717) is 13.0 Å². The van der Waals surface area contributed by atoms with Crippen molar-refractivity contribution in [3.63, 3.8) is 0 Å². The largest absolute Gasteiger partial charge is 0.480 e. The van der Waals surface area contributed by atoms with Gasteiger partial charge in [0.15, 0.2) is 0 Å². The first-order valence-corrected chi connectivity index (χ1v) is 9.01. The first-order valence-electron chi connectivity index (χ1n) is 9.01. The van der Waals surface area contributed by atoms with Crippen LogP contribution < -0.4 is 10.9 Å². The number of aliphatic carboxylic acids is 1. The number of rotatable bonds is 9. The number of hydrogen-bond acceptors (Lipinski definition) is 3. The fraction of sp³-hybridized carbons (Fsp3) is 0.632. The average molecular weight is 350 g/mol. The van der Waals surface area contributed by atoms with Crippen molar-refractivity contribution in [1.29, 1.82) is 0 Å². The highest BCUT2D eigenvalue weighted by Gasteiger charge is 2.30. The second-order valence-corrected chi connectivity index (χ2v) is 6.83. The predicted octanol–water partition coefficient (Wildman–Crippen LogP) is 2.76. The molecule has 0 aromatic carbocycles. The SMILES string of the molecule is CCCCn1c(CCC)c(CC)cc(C(=O)NC(C)(C)C(=O)O)c1=O. The molecule has 2 N–H and O–H groups in total. The van der Waals surface area contributed by atoms with E-state index in [9.17, 15) is 19.5 Å². The molecule has 1 rings (SSSR count). The molecule has 0 aliphatic heterocycles. The molecule has 6 nitrogen and oxygen atoms in total. The van der Waals surface area contributed by atoms with E-state index in [1.807, 2.05) is 6.92 Å². The number of carbonyl (C=O) groups is 2. The Labute approximate surface area is 149 Å². The molecule has 1 amide bonds. The molecule has 0 radical (unpaired) electrons. The van der Waals surface area contributed by atoms with Crippen molar-refractivity contribution in [2.75, 3.05) is 0 Å². The van der Waals surface area contributed by atoms with Gasteiger partial charge in [-0.25, -0.2) is 4.79 Å². The van der Waals surface area contributed by atoms with Crippen LogP contribution in [0, 0.1) is 0 Å². The maximum atomic E-state index is 12.9. The minimum atomic E-state index is -1.44. The van der Waals surface area contributed by atoms with Gasteiger partial charge in [0.1, 0.15) is 11.1 Å². The maximum absolute atomic E-state index is 12.9. The van der Waals surface area contributed by atoms with Gasteiger partial charge in [-0.15, -0.1) is 0 Å². The number of aromatic nitrogens is 1. The van der Waals surface area contributed by atoms with E-state index in [-0.39, 0.29) is 11.1 Å². The van der Waals surface area contributed by atoms with Crippen LogP contribution in [-0.2, 0) is 24.2 Å². The second kappa shape index (κ2) is 8.83. The number of amides is 1. The van der Waals surface area contributed by atoms with Gasteiger partial charge in [0.05, 0.1) is 0 Å². The Morgan fingerprint density at radius 1 is 1.20 bits per heavy atom. The van der Waals surface area contributed by atoms with Crippen molar-refractivity contribution in [2.45, 2.75) is 78.8 Å². The Balaban J connectivity index is 3.43. The van der Waals surface area contributed by atoms with Crippen LogP contribution in [0.25, 0.3) is 0 Å². The number of carboxylic acid groups (broad SMARTS) is 1. The number of carbonyl (C=O) groups excluding carboxylic acids is 1. The number of pyridine rings is 1. The number of nitrogens with one attached hydrogen (secondary N) is 1. The summed E-state index contributed by atoms with van der Waals surface area (Å²) in [5.41, 5.74) is 0.190. The molecular weight excluding hydrogens is 320 g/mol. The van der Waals surface area contributed by atoms with Gasteiger partial charge in [-0.05, 0) is 44.7 Å². The smallest absolute Gasteiger partial charge is 0.328 e. The van der Waals surface area contributed by atoms with E-state index in [4.69, 9.17) is 0 Å². The Kier molecular flexibility index (Phi) is 7.39. The lowest BCUT2D eigenvalue weighted by Gasteiger charge is -2.22. The predicted molar refractivity (Wildman–Crippen MR) is 98.2 cm³/mol. The molecule has 140 valence electrons. The topological polar surface area (TPSA) is 88.4 Å². The van der Waals surface area contributed by atoms with Gasteiger partial charge in [-0.3, -0.25) is 9.59 Å². The Bertz CT molecular complexity index is 689. The summed E-state index contributed by atoms with van der Waals surface area (Å²) < 4.78 is 1.70. The van der Waals surface area contributed by atoms with Gasteiger partial charge in [-0.1, -0.05) is 33.6 Å². The van der Waals surface area contributed by atoms with Crippen molar-refractivity contribution in [1.82, 2.24) is 9.88 Å². The van der Waals surface area contributed by atoms with Crippen LogP contribution >= 0.6 is 0 Å². The summed E-state index contributed by atoms with van der Waals surface area (Å²) in [6.07, 6.45) is 4.21. The Morgan fingerprint density at radius 2 is 1.84 bits per heavy atom. The highest BCUT2D eigenvalue weighted by molar-refractivity contribution is 5.97. The summed E-state index contributed by atoms with van der Waals surface area (Å²) in [7, 11) is 0. The normalized spacial score (nSPS) is 11.4. The second-order valence-electron chi connectivity index (χ2n) is 6.83.